The van der Waals surface area contributed by atoms with E-state index in [9.17, 15) is 9.59 Å². The van der Waals surface area contributed by atoms with Gasteiger partial charge in [0.25, 0.3) is 5.56 Å². The third-order valence-corrected chi connectivity index (χ3v) is 2.89. The molecule has 0 bridgehead atoms. The average Bonchev–Trinajstić information content (AvgIpc) is 2.07. The molecule has 1 aliphatic carbocycles. The molecule has 0 aliphatic heterocycles. The molecule has 86 valence electrons. The minimum Gasteiger partial charge on any atom is -0.481 e. The first-order valence-electron chi connectivity index (χ1n) is 5.18. The number of carbonyl (C=O) groups is 1. The first-order valence-corrected chi connectivity index (χ1v) is 5.18. The van der Waals surface area contributed by atoms with Crippen molar-refractivity contribution in [2.75, 3.05) is 5.73 Å². The minimum atomic E-state index is -1.03. The van der Waals surface area contributed by atoms with Crippen LogP contribution in [-0.2, 0) is 11.2 Å². The molecule has 0 radical (unpaired) electrons. The van der Waals surface area contributed by atoms with Crippen LogP contribution in [0.25, 0.3) is 0 Å². The Morgan fingerprint density at radius 3 is 2.75 bits per heavy atom. The van der Waals surface area contributed by atoms with Crippen LogP contribution in [0.5, 0.6) is 0 Å². The smallest absolute Gasteiger partial charge is 0.308 e. The molecule has 6 heteroatoms. The second kappa shape index (κ2) is 3.96. The van der Waals surface area contributed by atoms with E-state index in [1.165, 1.54) is 0 Å². The van der Waals surface area contributed by atoms with Gasteiger partial charge in [-0.1, -0.05) is 6.42 Å². The molecule has 1 aromatic rings. The molecule has 0 spiro atoms. The normalized spacial score (nSPS) is 15.8. The molecule has 0 aromatic carbocycles. The summed E-state index contributed by atoms with van der Waals surface area (Å²) in [6.45, 7) is 0. The van der Waals surface area contributed by atoms with Crippen LogP contribution < -0.4 is 11.3 Å². The highest BCUT2D eigenvalue weighted by Gasteiger charge is 2.26. The van der Waals surface area contributed by atoms with E-state index in [0.29, 0.717) is 5.69 Å². The molecule has 16 heavy (non-hydrogen) atoms. The molecule has 0 atom stereocenters. The topological polar surface area (TPSA) is 109 Å². The summed E-state index contributed by atoms with van der Waals surface area (Å²) in [5, 5.41) is 8.75. The molecule has 2 rings (SSSR count). The zero-order valence-corrected chi connectivity index (χ0v) is 8.69. The van der Waals surface area contributed by atoms with Gasteiger partial charge in [0.1, 0.15) is 0 Å². The summed E-state index contributed by atoms with van der Waals surface area (Å²) in [6.07, 6.45) is 2.69. The Morgan fingerprint density at radius 1 is 1.56 bits per heavy atom. The van der Waals surface area contributed by atoms with Crippen LogP contribution in [0.4, 0.5) is 5.95 Å². The molecule has 1 aromatic heterocycles. The molecule has 1 aliphatic rings. The van der Waals surface area contributed by atoms with Gasteiger partial charge in [0.2, 0.25) is 5.95 Å². The highest BCUT2D eigenvalue weighted by Crippen LogP contribution is 2.36. The zero-order valence-electron chi connectivity index (χ0n) is 8.69. The van der Waals surface area contributed by atoms with Crippen molar-refractivity contribution in [3.05, 3.63) is 21.6 Å². The summed E-state index contributed by atoms with van der Waals surface area (Å²) < 4.78 is 0. The molecule has 0 unspecified atom stereocenters. The van der Waals surface area contributed by atoms with Crippen molar-refractivity contribution >= 4 is 11.9 Å². The SMILES string of the molecule is Nc1nc(C2CCC2)c(CC(=O)O)c(=O)[nH]1. The van der Waals surface area contributed by atoms with Gasteiger partial charge in [-0.3, -0.25) is 14.6 Å². The second-order valence-corrected chi connectivity index (χ2v) is 4.01. The van der Waals surface area contributed by atoms with Crippen molar-refractivity contribution in [1.29, 1.82) is 0 Å². The van der Waals surface area contributed by atoms with E-state index >= 15 is 0 Å². The Hall–Kier alpha value is -1.85. The number of hydrogen-bond donors (Lipinski definition) is 3. The molecule has 0 amide bonds. The third kappa shape index (κ3) is 1.91. The molecule has 0 saturated heterocycles. The molecule has 1 heterocycles. The summed E-state index contributed by atoms with van der Waals surface area (Å²) in [7, 11) is 0. The highest BCUT2D eigenvalue weighted by molar-refractivity contribution is 5.70. The van der Waals surface area contributed by atoms with Crippen LogP contribution in [-0.4, -0.2) is 21.0 Å². The van der Waals surface area contributed by atoms with Gasteiger partial charge in [-0.2, -0.15) is 0 Å². The number of aromatic amines is 1. The van der Waals surface area contributed by atoms with Gasteiger partial charge in [-0.25, -0.2) is 4.98 Å². The van der Waals surface area contributed by atoms with Gasteiger partial charge in [0.15, 0.2) is 0 Å². The number of nitrogen functional groups attached to an aromatic ring is 1. The van der Waals surface area contributed by atoms with E-state index in [2.05, 4.69) is 9.97 Å². The number of rotatable bonds is 3. The first-order chi connectivity index (χ1) is 7.58. The number of anilines is 1. The quantitative estimate of drug-likeness (QED) is 0.680. The first kappa shape index (κ1) is 10.7. The van der Waals surface area contributed by atoms with Crippen LogP contribution in [0.3, 0.4) is 0 Å². The van der Waals surface area contributed by atoms with E-state index in [1.54, 1.807) is 0 Å². The van der Waals surface area contributed by atoms with Crippen molar-refractivity contribution < 1.29 is 9.90 Å². The molecule has 1 saturated carbocycles. The fourth-order valence-electron chi connectivity index (χ4n) is 1.87. The number of H-pyrrole nitrogens is 1. The lowest BCUT2D eigenvalue weighted by molar-refractivity contribution is -0.136. The Bertz CT molecular complexity index is 477. The standard InChI is InChI=1S/C10H13N3O3/c11-10-12-8(5-2-1-3-5)6(4-7(14)15)9(16)13-10/h5H,1-4H2,(H,14,15)(H3,11,12,13,16). The maximum Gasteiger partial charge on any atom is 0.308 e. The van der Waals surface area contributed by atoms with E-state index < -0.39 is 11.5 Å². The number of carboxylic acids is 1. The van der Waals surface area contributed by atoms with E-state index in [4.69, 9.17) is 10.8 Å². The summed E-state index contributed by atoms with van der Waals surface area (Å²) in [5.41, 5.74) is 5.83. The van der Waals surface area contributed by atoms with Crippen LogP contribution in [0.15, 0.2) is 4.79 Å². The maximum absolute atomic E-state index is 11.6. The summed E-state index contributed by atoms with van der Waals surface area (Å²) >= 11 is 0. The summed E-state index contributed by atoms with van der Waals surface area (Å²) in [5.74, 6) is -0.780. The number of hydrogen-bond acceptors (Lipinski definition) is 4. The van der Waals surface area contributed by atoms with Crippen molar-refractivity contribution in [2.24, 2.45) is 0 Å². The lowest BCUT2D eigenvalue weighted by Crippen LogP contribution is -2.25. The van der Waals surface area contributed by atoms with Gasteiger partial charge in [0, 0.05) is 5.92 Å². The predicted octanol–water partition coefficient (Wildman–Crippen LogP) is 0.247. The minimum absolute atomic E-state index is 0.0565. The lowest BCUT2D eigenvalue weighted by atomic mass is 9.81. The van der Waals surface area contributed by atoms with Crippen molar-refractivity contribution in [1.82, 2.24) is 9.97 Å². The van der Waals surface area contributed by atoms with E-state index in [-0.39, 0.29) is 23.9 Å². The predicted molar refractivity (Wildman–Crippen MR) is 57.2 cm³/mol. The van der Waals surface area contributed by atoms with Crippen molar-refractivity contribution in [3.63, 3.8) is 0 Å². The van der Waals surface area contributed by atoms with Crippen LogP contribution in [0, 0.1) is 0 Å². The van der Waals surface area contributed by atoms with Gasteiger partial charge in [-0.15, -0.1) is 0 Å². The summed E-state index contributed by atoms with van der Waals surface area (Å²) in [6, 6.07) is 0. The van der Waals surface area contributed by atoms with Crippen LogP contribution >= 0.6 is 0 Å². The maximum atomic E-state index is 11.6. The number of aromatic nitrogens is 2. The fraction of sp³-hybridized carbons (Fsp3) is 0.500. The second-order valence-electron chi connectivity index (χ2n) is 4.01. The molecular formula is C10H13N3O3. The van der Waals surface area contributed by atoms with E-state index in [1.807, 2.05) is 0 Å². The summed E-state index contributed by atoms with van der Waals surface area (Å²) in [4.78, 5) is 28.7. The number of aliphatic carboxylic acids is 1. The van der Waals surface area contributed by atoms with Gasteiger partial charge in [-0.05, 0) is 12.8 Å². The van der Waals surface area contributed by atoms with Crippen LogP contribution in [0.1, 0.15) is 36.4 Å². The monoisotopic (exact) mass is 223 g/mol. The fourth-order valence-corrected chi connectivity index (χ4v) is 1.87. The zero-order chi connectivity index (χ0) is 11.7. The Labute approximate surface area is 91.5 Å². The Kier molecular flexibility index (Phi) is 2.64. The average molecular weight is 223 g/mol. The number of carboxylic acid groups (broad SMARTS) is 1. The van der Waals surface area contributed by atoms with E-state index in [0.717, 1.165) is 19.3 Å². The number of nitrogens with zero attached hydrogens (tertiary/aromatic N) is 1. The largest absolute Gasteiger partial charge is 0.481 e. The number of nitrogens with one attached hydrogen (secondary N) is 1. The van der Waals surface area contributed by atoms with Crippen molar-refractivity contribution in [3.8, 4) is 0 Å². The molecular weight excluding hydrogens is 210 g/mol. The number of nitrogens with two attached hydrogens (primary N) is 1. The molecule has 4 N–H and O–H groups in total. The van der Waals surface area contributed by atoms with Gasteiger partial charge < -0.3 is 10.8 Å². The Morgan fingerprint density at radius 2 is 2.25 bits per heavy atom. The molecule has 6 nitrogen and oxygen atoms in total. The van der Waals surface area contributed by atoms with Gasteiger partial charge in [0.05, 0.1) is 17.7 Å². The van der Waals surface area contributed by atoms with Crippen molar-refractivity contribution in [2.45, 2.75) is 31.6 Å². The lowest BCUT2D eigenvalue weighted by Gasteiger charge is -2.26. The Balaban J connectivity index is 2.46. The van der Waals surface area contributed by atoms with Gasteiger partial charge >= 0.3 is 5.97 Å². The molecule has 1 fully saturated rings. The highest BCUT2D eigenvalue weighted by atomic mass is 16.4. The third-order valence-electron chi connectivity index (χ3n) is 2.89. The van der Waals surface area contributed by atoms with Crippen LogP contribution in [0.2, 0.25) is 0 Å².